The van der Waals surface area contributed by atoms with Gasteiger partial charge >= 0.3 is 0 Å². The fourth-order valence-corrected chi connectivity index (χ4v) is 4.32. The Labute approximate surface area is 191 Å². The molecule has 0 saturated carbocycles. The number of benzene rings is 2. The van der Waals surface area contributed by atoms with Crippen molar-refractivity contribution in [1.29, 1.82) is 0 Å². The standard InChI is InChI=1S/C25H22ClN5O/c1-3-17-9-22(25-23(10-17)32-8-7-30(25)2)29-14-20-11-19-5-4-6-21(26)24(19)31(20)15-18-12-27-16-28-13-18/h3-6,9-14,16H,1,7-8,15H2,2H3. The number of aromatic nitrogens is 3. The summed E-state index contributed by atoms with van der Waals surface area (Å²) in [5.74, 6) is 0.827. The zero-order valence-electron chi connectivity index (χ0n) is 17.7. The van der Waals surface area contributed by atoms with Crippen LogP contribution < -0.4 is 9.64 Å². The van der Waals surface area contributed by atoms with Gasteiger partial charge in [-0.1, -0.05) is 36.4 Å². The summed E-state index contributed by atoms with van der Waals surface area (Å²) in [6.07, 6.45) is 8.84. The van der Waals surface area contributed by atoms with E-state index < -0.39 is 0 Å². The second kappa shape index (κ2) is 8.48. The Hall–Kier alpha value is -3.64. The van der Waals surface area contributed by atoms with Crippen LogP contribution in [0.1, 0.15) is 16.8 Å². The first-order chi connectivity index (χ1) is 15.6. The number of aliphatic imine (C=N–C) groups is 1. The van der Waals surface area contributed by atoms with Crippen molar-refractivity contribution in [2.24, 2.45) is 4.99 Å². The minimum Gasteiger partial charge on any atom is -0.489 e. The van der Waals surface area contributed by atoms with Gasteiger partial charge in [0.05, 0.1) is 41.2 Å². The van der Waals surface area contributed by atoms with Gasteiger partial charge in [-0.2, -0.15) is 0 Å². The van der Waals surface area contributed by atoms with E-state index in [0.29, 0.717) is 18.2 Å². The molecule has 1 aliphatic rings. The molecule has 6 nitrogen and oxygen atoms in total. The van der Waals surface area contributed by atoms with Gasteiger partial charge in [-0.15, -0.1) is 0 Å². The van der Waals surface area contributed by atoms with E-state index in [1.807, 2.05) is 48.9 Å². The van der Waals surface area contributed by atoms with Crippen molar-refractivity contribution in [2.45, 2.75) is 6.54 Å². The first-order valence-corrected chi connectivity index (χ1v) is 10.7. The normalized spacial score (nSPS) is 13.4. The molecule has 7 heteroatoms. The van der Waals surface area contributed by atoms with Crippen LogP contribution in [0.2, 0.25) is 5.02 Å². The van der Waals surface area contributed by atoms with Crippen LogP contribution in [0.5, 0.6) is 5.75 Å². The number of ether oxygens (including phenoxy) is 1. The monoisotopic (exact) mass is 443 g/mol. The molecule has 0 amide bonds. The number of fused-ring (bicyclic) bond motifs is 2. The summed E-state index contributed by atoms with van der Waals surface area (Å²) >= 11 is 6.58. The maximum atomic E-state index is 6.58. The predicted octanol–water partition coefficient (Wildman–Crippen LogP) is 5.36. The van der Waals surface area contributed by atoms with E-state index in [-0.39, 0.29) is 0 Å². The molecule has 2 aromatic heterocycles. The van der Waals surface area contributed by atoms with E-state index in [1.165, 1.54) is 6.33 Å². The van der Waals surface area contributed by atoms with Crippen molar-refractivity contribution in [3.8, 4) is 5.75 Å². The Morgan fingerprint density at radius 3 is 2.88 bits per heavy atom. The van der Waals surface area contributed by atoms with Crippen molar-refractivity contribution >= 4 is 46.2 Å². The summed E-state index contributed by atoms with van der Waals surface area (Å²) in [4.78, 5) is 15.4. The van der Waals surface area contributed by atoms with E-state index in [2.05, 4.69) is 45.2 Å². The quantitative estimate of drug-likeness (QED) is 0.390. The number of rotatable bonds is 5. The number of anilines is 1. The number of hydrogen-bond donors (Lipinski definition) is 0. The van der Waals surface area contributed by atoms with Gasteiger partial charge in [0.25, 0.3) is 0 Å². The number of halogens is 1. The minimum atomic E-state index is 0.587. The van der Waals surface area contributed by atoms with E-state index in [9.17, 15) is 0 Å². The fourth-order valence-electron chi connectivity index (χ4n) is 4.03. The first kappa shape index (κ1) is 20.3. The lowest BCUT2D eigenvalue weighted by Crippen LogP contribution is -2.28. The molecule has 2 aromatic carbocycles. The third kappa shape index (κ3) is 3.74. The highest BCUT2D eigenvalue weighted by molar-refractivity contribution is 6.35. The molecule has 0 atom stereocenters. The molecule has 0 fully saturated rings. The molecule has 3 heterocycles. The Morgan fingerprint density at radius 1 is 1.22 bits per heavy atom. The average molecular weight is 444 g/mol. The van der Waals surface area contributed by atoms with E-state index >= 15 is 0 Å². The van der Waals surface area contributed by atoms with Gasteiger partial charge in [0.15, 0.2) is 0 Å². The van der Waals surface area contributed by atoms with Crippen LogP contribution in [0.15, 0.2) is 66.7 Å². The summed E-state index contributed by atoms with van der Waals surface area (Å²) in [5, 5.41) is 1.75. The Bertz CT molecular complexity index is 1330. The molecule has 0 radical (unpaired) electrons. The lowest BCUT2D eigenvalue weighted by molar-refractivity contribution is 0.311. The average Bonchev–Trinajstić information content (AvgIpc) is 3.16. The van der Waals surface area contributed by atoms with Crippen molar-refractivity contribution in [3.63, 3.8) is 0 Å². The maximum absolute atomic E-state index is 6.58. The highest BCUT2D eigenvalue weighted by atomic mass is 35.5. The number of hydrogen-bond acceptors (Lipinski definition) is 5. The molecule has 32 heavy (non-hydrogen) atoms. The van der Waals surface area contributed by atoms with Gasteiger partial charge in [-0.3, -0.25) is 4.99 Å². The van der Waals surface area contributed by atoms with Crippen LogP contribution in [0, 0.1) is 0 Å². The Balaban J connectivity index is 1.63. The number of likely N-dealkylation sites (N-methyl/N-ethyl adjacent to an activating group) is 1. The van der Waals surface area contributed by atoms with Crippen LogP contribution in [-0.2, 0) is 6.54 Å². The van der Waals surface area contributed by atoms with Gasteiger partial charge in [-0.25, -0.2) is 9.97 Å². The molecule has 1 aliphatic heterocycles. The smallest absolute Gasteiger partial charge is 0.145 e. The van der Waals surface area contributed by atoms with E-state index in [4.69, 9.17) is 21.3 Å². The molecule has 4 aromatic rings. The summed E-state index contributed by atoms with van der Waals surface area (Å²) in [6, 6.07) is 12.0. The van der Waals surface area contributed by atoms with Gasteiger partial charge < -0.3 is 14.2 Å². The molecular formula is C25H22ClN5O. The zero-order valence-corrected chi connectivity index (χ0v) is 18.5. The summed E-state index contributed by atoms with van der Waals surface area (Å²) in [5.41, 5.74) is 5.67. The molecular weight excluding hydrogens is 422 g/mol. The van der Waals surface area contributed by atoms with Crippen molar-refractivity contribution in [2.75, 3.05) is 25.1 Å². The zero-order chi connectivity index (χ0) is 22.1. The third-order valence-electron chi connectivity index (χ3n) is 5.57. The largest absolute Gasteiger partial charge is 0.489 e. The molecule has 0 N–H and O–H groups in total. The van der Waals surface area contributed by atoms with Gasteiger partial charge in [0.2, 0.25) is 0 Å². The van der Waals surface area contributed by atoms with Crippen molar-refractivity contribution < 1.29 is 4.74 Å². The SMILES string of the molecule is C=Cc1cc(N=Cc2cc3cccc(Cl)c3n2Cc2cncnc2)c2c(c1)OCCN2C. The fraction of sp³-hybridized carbons (Fsp3) is 0.160. The predicted molar refractivity (Wildman–Crippen MR) is 131 cm³/mol. The molecule has 0 unspecified atom stereocenters. The van der Waals surface area contributed by atoms with E-state index in [1.54, 1.807) is 0 Å². The van der Waals surface area contributed by atoms with Gasteiger partial charge in [0.1, 0.15) is 24.4 Å². The third-order valence-corrected chi connectivity index (χ3v) is 5.88. The highest BCUT2D eigenvalue weighted by Gasteiger charge is 2.20. The molecule has 5 rings (SSSR count). The molecule has 160 valence electrons. The molecule has 0 saturated heterocycles. The lowest BCUT2D eigenvalue weighted by Gasteiger charge is -2.29. The van der Waals surface area contributed by atoms with Crippen LogP contribution in [0.4, 0.5) is 11.4 Å². The second-order valence-electron chi connectivity index (χ2n) is 7.70. The van der Waals surface area contributed by atoms with Gasteiger partial charge in [0, 0.05) is 30.4 Å². The van der Waals surface area contributed by atoms with Crippen LogP contribution in [0.25, 0.3) is 17.0 Å². The molecule has 0 bridgehead atoms. The van der Waals surface area contributed by atoms with Crippen molar-refractivity contribution in [3.05, 3.63) is 83.5 Å². The summed E-state index contributed by atoms with van der Waals surface area (Å²) < 4.78 is 8.04. The topological polar surface area (TPSA) is 55.5 Å². The van der Waals surface area contributed by atoms with Crippen LogP contribution in [0.3, 0.4) is 0 Å². The van der Waals surface area contributed by atoms with Crippen molar-refractivity contribution in [1.82, 2.24) is 14.5 Å². The second-order valence-corrected chi connectivity index (χ2v) is 8.11. The lowest BCUT2D eigenvalue weighted by atomic mass is 10.1. The molecule has 0 spiro atoms. The Morgan fingerprint density at radius 2 is 2.06 bits per heavy atom. The van der Waals surface area contributed by atoms with Gasteiger partial charge in [-0.05, 0) is 29.8 Å². The highest BCUT2D eigenvalue weighted by Crippen LogP contribution is 2.41. The number of para-hydroxylation sites is 1. The molecule has 0 aliphatic carbocycles. The first-order valence-electron chi connectivity index (χ1n) is 10.3. The number of nitrogens with zero attached hydrogens (tertiary/aromatic N) is 5. The van der Waals surface area contributed by atoms with E-state index in [0.717, 1.165) is 51.4 Å². The maximum Gasteiger partial charge on any atom is 0.145 e. The van der Waals surface area contributed by atoms with Crippen LogP contribution in [-0.4, -0.2) is 40.9 Å². The summed E-state index contributed by atoms with van der Waals surface area (Å²) in [6.45, 7) is 5.96. The summed E-state index contributed by atoms with van der Waals surface area (Å²) in [7, 11) is 2.06. The minimum absolute atomic E-state index is 0.587. The van der Waals surface area contributed by atoms with Crippen LogP contribution >= 0.6 is 11.6 Å². The Kier molecular flexibility index (Phi) is 5.37.